The first kappa shape index (κ1) is 13.8. The van der Waals surface area contributed by atoms with Crippen LogP contribution >= 0.6 is 43.5 Å². The Bertz CT molecular complexity index is 538. The molecule has 0 aliphatic heterocycles. The normalized spacial score (nSPS) is 10.4. The van der Waals surface area contributed by atoms with E-state index in [0.717, 1.165) is 21.7 Å². The molecular weight excluding hydrogens is 385 g/mol. The molecule has 6 heteroatoms. The van der Waals surface area contributed by atoms with Crippen LogP contribution in [0.4, 0.5) is 5.69 Å². The van der Waals surface area contributed by atoms with Crippen molar-refractivity contribution in [2.24, 2.45) is 0 Å². The molecule has 2 rings (SSSR count). The van der Waals surface area contributed by atoms with Gasteiger partial charge in [0.25, 0.3) is 0 Å². The second-order valence-corrected chi connectivity index (χ2v) is 5.54. The summed E-state index contributed by atoms with van der Waals surface area (Å²) in [6, 6.07) is 7.31. The fourth-order valence-electron chi connectivity index (χ4n) is 1.48. The molecule has 3 nitrogen and oxygen atoms in total. The Kier molecular flexibility index (Phi) is 4.59. The van der Waals surface area contributed by atoms with Gasteiger partial charge in [-0.2, -0.15) is 0 Å². The third-order valence-corrected chi connectivity index (χ3v) is 4.26. The van der Waals surface area contributed by atoms with Gasteiger partial charge in [-0.3, -0.25) is 0 Å². The lowest BCUT2D eigenvalue weighted by Crippen LogP contribution is -2.00. The average molecular weight is 395 g/mol. The molecule has 1 heterocycles. The van der Waals surface area contributed by atoms with Crippen LogP contribution in [0.5, 0.6) is 5.75 Å². The molecule has 0 bridgehead atoms. The van der Waals surface area contributed by atoms with Crippen molar-refractivity contribution in [3.8, 4) is 5.75 Å². The van der Waals surface area contributed by atoms with Crippen LogP contribution < -0.4 is 10.1 Å². The number of halogens is 3. The van der Waals surface area contributed by atoms with Gasteiger partial charge in [-0.05, 0) is 56.1 Å². The molecule has 1 aromatic heterocycles. The van der Waals surface area contributed by atoms with E-state index in [1.54, 1.807) is 13.2 Å². The van der Waals surface area contributed by atoms with Crippen LogP contribution in [0.1, 0.15) is 5.76 Å². The number of benzene rings is 1. The summed E-state index contributed by atoms with van der Waals surface area (Å²) in [6.07, 6.45) is 0. The summed E-state index contributed by atoms with van der Waals surface area (Å²) in [7, 11) is 1.62. The first-order valence-corrected chi connectivity index (χ1v) is 7.07. The smallest absolute Gasteiger partial charge is 0.183 e. The fraction of sp³-hybridized carbons (Fsp3) is 0.167. The molecule has 0 aliphatic carbocycles. The molecule has 0 atom stereocenters. The van der Waals surface area contributed by atoms with Gasteiger partial charge in [0, 0.05) is 5.02 Å². The predicted octanol–water partition coefficient (Wildman–Crippen LogP) is 5.08. The van der Waals surface area contributed by atoms with Crippen molar-refractivity contribution in [2.45, 2.75) is 6.54 Å². The van der Waals surface area contributed by atoms with Crippen LogP contribution in [0, 0.1) is 0 Å². The van der Waals surface area contributed by atoms with Crippen LogP contribution in [0.3, 0.4) is 0 Å². The Hall–Kier alpha value is -0.650. The first-order chi connectivity index (χ1) is 8.60. The number of anilines is 1. The average Bonchev–Trinajstić information content (AvgIpc) is 2.66. The van der Waals surface area contributed by atoms with Crippen LogP contribution in [0.2, 0.25) is 5.02 Å². The van der Waals surface area contributed by atoms with Crippen LogP contribution in [-0.2, 0) is 6.54 Å². The van der Waals surface area contributed by atoms with E-state index in [-0.39, 0.29) is 0 Å². The van der Waals surface area contributed by atoms with Crippen molar-refractivity contribution in [1.29, 1.82) is 0 Å². The molecule has 2 aromatic rings. The van der Waals surface area contributed by atoms with Gasteiger partial charge in [0.05, 0.1) is 23.8 Å². The molecule has 0 spiro atoms. The summed E-state index contributed by atoms with van der Waals surface area (Å²) in [5.74, 6) is 1.54. The molecule has 0 radical (unpaired) electrons. The maximum Gasteiger partial charge on any atom is 0.183 e. The number of ether oxygens (including phenoxy) is 1. The summed E-state index contributed by atoms with van der Waals surface area (Å²) >= 11 is 12.6. The molecule has 1 aromatic carbocycles. The van der Waals surface area contributed by atoms with Crippen molar-refractivity contribution < 1.29 is 9.15 Å². The Labute approximate surface area is 127 Å². The number of hydrogen-bond acceptors (Lipinski definition) is 3. The van der Waals surface area contributed by atoms with E-state index in [1.807, 2.05) is 18.2 Å². The van der Waals surface area contributed by atoms with Gasteiger partial charge in [-0.15, -0.1) is 0 Å². The fourth-order valence-corrected chi connectivity index (χ4v) is 2.31. The first-order valence-electron chi connectivity index (χ1n) is 5.11. The zero-order chi connectivity index (χ0) is 13.1. The lowest BCUT2D eigenvalue weighted by atomic mass is 10.3. The molecule has 0 unspecified atom stereocenters. The van der Waals surface area contributed by atoms with Crippen molar-refractivity contribution in [3.05, 3.63) is 44.2 Å². The Morgan fingerprint density at radius 3 is 2.72 bits per heavy atom. The van der Waals surface area contributed by atoms with Crippen molar-refractivity contribution in [2.75, 3.05) is 12.4 Å². The number of hydrogen-bond donors (Lipinski definition) is 1. The summed E-state index contributed by atoms with van der Waals surface area (Å²) in [5, 5.41) is 3.87. The topological polar surface area (TPSA) is 34.4 Å². The highest BCUT2D eigenvalue weighted by Crippen LogP contribution is 2.30. The Morgan fingerprint density at radius 2 is 2.11 bits per heavy atom. The minimum atomic E-state index is 0.543. The number of nitrogens with one attached hydrogen (secondary N) is 1. The van der Waals surface area contributed by atoms with Crippen LogP contribution in [0.15, 0.2) is 37.8 Å². The van der Waals surface area contributed by atoms with E-state index >= 15 is 0 Å². The molecule has 1 N–H and O–H groups in total. The summed E-state index contributed by atoms with van der Waals surface area (Å²) < 4.78 is 12.3. The molecule has 0 saturated heterocycles. The van der Waals surface area contributed by atoms with Gasteiger partial charge in [-0.25, -0.2) is 0 Å². The molecule has 0 amide bonds. The zero-order valence-electron chi connectivity index (χ0n) is 9.47. The maximum atomic E-state index is 5.95. The molecule has 0 saturated carbocycles. The lowest BCUT2D eigenvalue weighted by molar-refractivity contribution is 0.416. The summed E-state index contributed by atoms with van der Waals surface area (Å²) in [6.45, 7) is 0.543. The zero-order valence-corrected chi connectivity index (χ0v) is 13.4. The highest BCUT2D eigenvalue weighted by Gasteiger charge is 2.08. The quantitative estimate of drug-likeness (QED) is 0.784. The number of rotatable bonds is 4. The highest BCUT2D eigenvalue weighted by atomic mass is 79.9. The molecule has 0 fully saturated rings. The minimum Gasteiger partial charge on any atom is -0.495 e. The molecule has 0 aliphatic rings. The van der Waals surface area contributed by atoms with Gasteiger partial charge in [0.2, 0.25) is 0 Å². The largest absolute Gasteiger partial charge is 0.495 e. The van der Waals surface area contributed by atoms with Crippen LogP contribution in [0.25, 0.3) is 0 Å². The summed E-state index contributed by atoms with van der Waals surface area (Å²) in [4.78, 5) is 0. The van der Waals surface area contributed by atoms with Gasteiger partial charge < -0.3 is 14.5 Å². The second kappa shape index (κ2) is 5.99. The summed E-state index contributed by atoms with van der Waals surface area (Å²) in [5.41, 5.74) is 0.827. The SMILES string of the molecule is COc1ccc(Cl)cc1NCc1cc(Br)c(Br)o1. The standard InChI is InChI=1S/C12H10Br2ClNO2/c1-17-11-3-2-7(15)4-10(11)16-6-8-5-9(13)12(14)18-8/h2-5,16H,6H2,1H3. The third-order valence-electron chi connectivity index (χ3n) is 2.31. The monoisotopic (exact) mass is 393 g/mol. The molecule has 96 valence electrons. The Morgan fingerprint density at radius 1 is 1.33 bits per heavy atom. The minimum absolute atomic E-state index is 0.543. The maximum absolute atomic E-state index is 5.95. The van der Waals surface area contributed by atoms with E-state index in [1.165, 1.54) is 0 Å². The van der Waals surface area contributed by atoms with E-state index in [9.17, 15) is 0 Å². The van der Waals surface area contributed by atoms with Crippen LogP contribution in [-0.4, -0.2) is 7.11 Å². The number of methoxy groups -OCH3 is 1. The van der Waals surface area contributed by atoms with Crippen molar-refractivity contribution >= 4 is 49.1 Å². The van der Waals surface area contributed by atoms with E-state index in [4.69, 9.17) is 20.8 Å². The van der Waals surface area contributed by atoms with E-state index in [2.05, 4.69) is 37.2 Å². The van der Waals surface area contributed by atoms with Gasteiger partial charge >= 0.3 is 0 Å². The second-order valence-electron chi connectivity index (χ2n) is 3.53. The molecular formula is C12H10Br2ClNO2. The number of furan rings is 1. The van der Waals surface area contributed by atoms with Crippen molar-refractivity contribution in [3.63, 3.8) is 0 Å². The van der Waals surface area contributed by atoms with Gasteiger partial charge in [0.1, 0.15) is 11.5 Å². The van der Waals surface area contributed by atoms with E-state index in [0.29, 0.717) is 16.2 Å². The Balaban J connectivity index is 2.12. The highest BCUT2D eigenvalue weighted by molar-refractivity contribution is 9.13. The van der Waals surface area contributed by atoms with Gasteiger partial charge in [0.15, 0.2) is 4.67 Å². The third kappa shape index (κ3) is 3.22. The van der Waals surface area contributed by atoms with Gasteiger partial charge in [-0.1, -0.05) is 11.6 Å². The van der Waals surface area contributed by atoms with Crippen molar-refractivity contribution in [1.82, 2.24) is 0 Å². The predicted molar refractivity (Wildman–Crippen MR) is 79.4 cm³/mol. The molecule has 18 heavy (non-hydrogen) atoms. The lowest BCUT2D eigenvalue weighted by Gasteiger charge is -2.10. The van der Waals surface area contributed by atoms with E-state index < -0.39 is 0 Å².